The van der Waals surface area contributed by atoms with E-state index in [-0.39, 0.29) is 0 Å². The molecular weight excluding hydrogens is 360 g/mol. The zero-order valence-corrected chi connectivity index (χ0v) is 16.0. The van der Waals surface area contributed by atoms with Gasteiger partial charge in [0.15, 0.2) is 5.82 Å². The first-order chi connectivity index (χ1) is 13.2. The minimum absolute atomic E-state index is 0.632. The second-order valence-electron chi connectivity index (χ2n) is 5.90. The van der Waals surface area contributed by atoms with Crippen molar-refractivity contribution in [2.24, 2.45) is 0 Å². The number of fused-ring (bicyclic) bond motifs is 1. The Balaban J connectivity index is 1.83. The first-order valence-corrected chi connectivity index (χ1v) is 9.17. The van der Waals surface area contributed by atoms with Crippen molar-refractivity contribution in [3.8, 4) is 22.9 Å². The van der Waals surface area contributed by atoms with Crippen molar-refractivity contribution in [2.45, 2.75) is 6.92 Å². The summed E-state index contributed by atoms with van der Waals surface area (Å²) in [5.74, 6) is 2.77. The number of hydrogen-bond donors (Lipinski definition) is 1. The zero-order chi connectivity index (χ0) is 18.8. The van der Waals surface area contributed by atoms with Crippen LogP contribution in [0.1, 0.15) is 4.88 Å². The van der Waals surface area contributed by atoms with E-state index in [1.165, 1.54) is 4.88 Å². The van der Waals surface area contributed by atoms with Crippen molar-refractivity contribution in [1.82, 2.24) is 15.0 Å². The summed E-state index contributed by atoms with van der Waals surface area (Å²) in [4.78, 5) is 15.7. The number of rotatable bonds is 5. The molecule has 3 heterocycles. The van der Waals surface area contributed by atoms with Crippen LogP contribution in [0.15, 0.2) is 48.8 Å². The van der Waals surface area contributed by atoms with Gasteiger partial charge in [0.2, 0.25) is 0 Å². The molecule has 0 bridgehead atoms. The van der Waals surface area contributed by atoms with Gasteiger partial charge in [-0.15, -0.1) is 11.3 Å². The van der Waals surface area contributed by atoms with E-state index in [0.717, 1.165) is 33.0 Å². The molecule has 0 saturated heterocycles. The molecule has 0 aliphatic carbocycles. The third kappa shape index (κ3) is 3.41. The summed E-state index contributed by atoms with van der Waals surface area (Å²) in [7, 11) is 3.26. The number of thiophene rings is 1. The molecule has 1 N–H and O–H groups in total. The highest BCUT2D eigenvalue weighted by Gasteiger charge is 2.14. The summed E-state index contributed by atoms with van der Waals surface area (Å²) in [6, 6.07) is 11.5. The Kier molecular flexibility index (Phi) is 4.60. The fraction of sp³-hybridized carbons (Fsp3) is 0.150. The van der Waals surface area contributed by atoms with Gasteiger partial charge in [-0.2, -0.15) is 0 Å². The van der Waals surface area contributed by atoms with Crippen LogP contribution in [0.4, 0.5) is 11.5 Å². The van der Waals surface area contributed by atoms with Crippen LogP contribution in [-0.2, 0) is 0 Å². The number of ether oxygens (including phenoxy) is 2. The number of aryl methyl sites for hydroxylation is 1. The molecule has 136 valence electrons. The number of benzene rings is 1. The maximum absolute atomic E-state index is 5.50. The lowest BCUT2D eigenvalue weighted by Crippen LogP contribution is -2.00. The van der Waals surface area contributed by atoms with E-state index in [0.29, 0.717) is 11.6 Å². The van der Waals surface area contributed by atoms with Gasteiger partial charge in [0, 0.05) is 28.9 Å². The average molecular weight is 378 g/mol. The SMILES string of the molecule is COc1ccc(Nc2nc(-c3cccnc3)nc3sc(C)cc23)c(OC)c1. The van der Waals surface area contributed by atoms with Crippen molar-refractivity contribution in [1.29, 1.82) is 0 Å². The molecular formula is C20H18N4O2S. The predicted molar refractivity (Wildman–Crippen MR) is 108 cm³/mol. The molecule has 6 nitrogen and oxygen atoms in total. The Hall–Kier alpha value is -3.19. The number of nitrogens with one attached hydrogen (secondary N) is 1. The van der Waals surface area contributed by atoms with E-state index >= 15 is 0 Å². The Labute approximate surface area is 160 Å². The largest absolute Gasteiger partial charge is 0.497 e. The van der Waals surface area contributed by atoms with Gasteiger partial charge < -0.3 is 14.8 Å². The molecule has 7 heteroatoms. The van der Waals surface area contributed by atoms with Crippen molar-refractivity contribution in [3.63, 3.8) is 0 Å². The number of pyridine rings is 1. The summed E-state index contributed by atoms with van der Waals surface area (Å²) in [5, 5.41) is 4.37. The van der Waals surface area contributed by atoms with Gasteiger partial charge in [-0.25, -0.2) is 9.97 Å². The minimum atomic E-state index is 0.632. The summed E-state index contributed by atoms with van der Waals surface area (Å²) in [5.41, 5.74) is 1.68. The summed E-state index contributed by atoms with van der Waals surface area (Å²) < 4.78 is 10.8. The molecule has 0 atom stereocenters. The molecule has 0 aliphatic heterocycles. The zero-order valence-electron chi connectivity index (χ0n) is 15.2. The fourth-order valence-electron chi connectivity index (χ4n) is 2.79. The van der Waals surface area contributed by atoms with Gasteiger partial charge in [0.05, 0.1) is 25.3 Å². The number of nitrogens with zero attached hydrogens (tertiary/aromatic N) is 3. The highest BCUT2D eigenvalue weighted by atomic mass is 32.1. The molecule has 0 amide bonds. The van der Waals surface area contributed by atoms with Crippen LogP contribution >= 0.6 is 11.3 Å². The first kappa shape index (κ1) is 17.2. The maximum atomic E-state index is 5.50. The summed E-state index contributed by atoms with van der Waals surface area (Å²) in [6.07, 6.45) is 3.50. The van der Waals surface area contributed by atoms with Crippen molar-refractivity contribution >= 4 is 33.1 Å². The standard InChI is InChI=1S/C20H18N4O2S/c1-12-9-15-19(22-16-7-6-14(25-2)10-17(16)26-3)23-18(24-20(15)27-12)13-5-4-8-21-11-13/h4-11H,1-3H3,(H,22,23,24). The fourth-order valence-corrected chi connectivity index (χ4v) is 3.67. The number of methoxy groups -OCH3 is 2. The lowest BCUT2D eigenvalue weighted by Gasteiger charge is -2.13. The third-order valence-corrected chi connectivity index (χ3v) is 5.04. The van der Waals surface area contributed by atoms with Gasteiger partial charge >= 0.3 is 0 Å². The average Bonchev–Trinajstić information content (AvgIpc) is 3.09. The Bertz CT molecular complexity index is 1100. The first-order valence-electron chi connectivity index (χ1n) is 8.35. The summed E-state index contributed by atoms with van der Waals surface area (Å²) >= 11 is 1.64. The van der Waals surface area contributed by atoms with Gasteiger partial charge in [-0.05, 0) is 37.3 Å². The summed E-state index contributed by atoms with van der Waals surface area (Å²) in [6.45, 7) is 2.06. The molecule has 0 saturated carbocycles. The van der Waals surface area contributed by atoms with Crippen LogP contribution < -0.4 is 14.8 Å². The Morgan fingerprint density at radius 1 is 1.04 bits per heavy atom. The molecule has 4 aromatic rings. The van der Waals surface area contributed by atoms with Gasteiger partial charge in [-0.3, -0.25) is 4.98 Å². The highest BCUT2D eigenvalue weighted by Crippen LogP contribution is 2.36. The Morgan fingerprint density at radius 2 is 1.93 bits per heavy atom. The molecule has 0 fully saturated rings. The monoisotopic (exact) mass is 378 g/mol. The van der Waals surface area contributed by atoms with E-state index in [4.69, 9.17) is 19.4 Å². The number of hydrogen-bond acceptors (Lipinski definition) is 7. The predicted octanol–water partition coefficient (Wildman–Crippen LogP) is 4.82. The van der Waals surface area contributed by atoms with Gasteiger partial charge in [0.1, 0.15) is 22.1 Å². The highest BCUT2D eigenvalue weighted by molar-refractivity contribution is 7.18. The van der Waals surface area contributed by atoms with Crippen LogP contribution in [0, 0.1) is 6.92 Å². The number of aromatic nitrogens is 3. The molecule has 0 spiro atoms. The molecule has 0 radical (unpaired) electrons. The van der Waals surface area contributed by atoms with E-state index in [9.17, 15) is 0 Å². The van der Waals surface area contributed by atoms with Crippen molar-refractivity contribution in [2.75, 3.05) is 19.5 Å². The van der Waals surface area contributed by atoms with Crippen LogP contribution in [0.25, 0.3) is 21.6 Å². The van der Waals surface area contributed by atoms with Crippen molar-refractivity contribution in [3.05, 3.63) is 53.7 Å². The minimum Gasteiger partial charge on any atom is -0.497 e. The van der Waals surface area contributed by atoms with E-state index in [1.807, 2.05) is 30.3 Å². The maximum Gasteiger partial charge on any atom is 0.164 e. The topological polar surface area (TPSA) is 69.2 Å². The van der Waals surface area contributed by atoms with E-state index < -0.39 is 0 Å². The normalized spacial score (nSPS) is 10.8. The number of anilines is 2. The second kappa shape index (κ2) is 7.20. The lowest BCUT2D eigenvalue weighted by atomic mass is 10.2. The van der Waals surface area contributed by atoms with Crippen LogP contribution in [0.2, 0.25) is 0 Å². The van der Waals surface area contributed by atoms with Crippen LogP contribution in [0.5, 0.6) is 11.5 Å². The van der Waals surface area contributed by atoms with Gasteiger partial charge in [0.25, 0.3) is 0 Å². The molecule has 1 aromatic carbocycles. The quantitative estimate of drug-likeness (QED) is 0.537. The van der Waals surface area contributed by atoms with E-state index in [1.54, 1.807) is 38.0 Å². The second-order valence-corrected chi connectivity index (χ2v) is 7.14. The third-order valence-electron chi connectivity index (χ3n) is 4.10. The van der Waals surface area contributed by atoms with E-state index in [2.05, 4.69) is 23.3 Å². The van der Waals surface area contributed by atoms with Crippen molar-refractivity contribution < 1.29 is 9.47 Å². The molecule has 3 aromatic heterocycles. The molecule has 27 heavy (non-hydrogen) atoms. The van der Waals surface area contributed by atoms with Crippen LogP contribution in [-0.4, -0.2) is 29.2 Å². The molecule has 0 unspecified atom stereocenters. The lowest BCUT2D eigenvalue weighted by molar-refractivity contribution is 0.395. The molecule has 4 rings (SSSR count). The smallest absolute Gasteiger partial charge is 0.164 e. The van der Waals surface area contributed by atoms with Gasteiger partial charge in [-0.1, -0.05) is 0 Å². The van der Waals surface area contributed by atoms with Crippen LogP contribution in [0.3, 0.4) is 0 Å². The Morgan fingerprint density at radius 3 is 2.67 bits per heavy atom. The molecule has 0 aliphatic rings.